The molecule has 1 aliphatic rings. The average Bonchev–Trinajstić information content (AvgIpc) is 2.92. The lowest BCUT2D eigenvalue weighted by molar-refractivity contribution is 0.318. The summed E-state index contributed by atoms with van der Waals surface area (Å²) in [7, 11) is -3.24. The Hall–Kier alpha value is -0.820. The molecule has 1 atom stereocenters. The normalized spacial score (nSPS) is 20.0. The Morgan fingerprint density at radius 3 is 2.42 bits per heavy atom. The molecule has 1 unspecified atom stereocenters. The lowest BCUT2D eigenvalue weighted by Gasteiger charge is -2.27. The van der Waals surface area contributed by atoms with Gasteiger partial charge in [-0.25, -0.2) is 13.1 Å². The van der Waals surface area contributed by atoms with Gasteiger partial charge in [0.1, 0.15) is 0 Å². The third-order valence-electron chi connectivity index (χ3n) is 4.66. The van der Waals surface area contributed by atoms with Crippen LogP contribution < -0.4 is 10.0 Å². The van der Waals surface area contributed by atoms with Gasteiger partial charge >= 0.3 is 0 Å². The van der Waals surface area contributed by atoms with Crippen LogP contribution in [0.1, 0.15) is 53.9 Å². The van der Waals surface area contributed by atoms with Crippen molar-refractivity contribution in [1.82, 2.24) is 14.9 Å². The van der Waals surface area contributed by atoms with Crippen LogP contribution in [0.3, 0.4) is 0 Å². The van der Waals surface area contributed by atoms with E-state index in [2.05, 4.69) is 35.7 Å². The number of hydrogen-bond acceptors (Lipinski definition) is 3. The Morgan fingerprint density at radius 1 is 1.29 bits per heavy atom. The molecule has 24 heavy (non-hydrogen) atoms. The van der Waals surface area contributed by atoms with Gasteiger partial charge < -0.3 is 10.2 Å². The van der Waals surface area contributed by atoms with Gasteiger partial charge in [0, 0.05) is 25.2 Å². The minimum Gasteiger partial charge on any atom is -0.357 e. The minimum absolute atomic E-state index is 0.411. The third-order valence-corrected chi connectivity index (χ3v) is 5.58. The molecule has 0 bridgehead atoms. The van der Waals surface area contributed by atoms with Crippen LogP contribution in [-0.4, -0.2) is 57.3 Å². The predicted octanol–water partition coefficient (Wildman–Crippen LogP) is 2.04. The number of nitrogens with one attached hydrogen (secondary N) is 2. The lowest BCUT2D eigenvalue weighted by atomic mass is 9.87. The lowest BCUT2D eigenvalue weighted by Crippen LogP contribution is -2.47. The van der Waals surface area contributed by atoms with Crippen LogP contribution in [-0.2, 0) is 10.0 Å². The maximum Gasteiger partial charge on any atom is 0.209 e. The van der Waals surface area contributed by atoms with Crippen molar-refractivity contribution in [3.8, 4) is 0 Å². The predicted molar refractivity (Wildman–Crippen MR) is 102 cm³/mol. The van der Waals surface area contributed by atoms with E-state index >= 15 is 0 Å². The molecule has 0 radical (unpaired) electrons. The average molecular weight is 361 g/mol. The second kappa shape index (κ2) is 9.04. The molecule has 1 saturated heterocycles. The topological polar surface area (TPSA) is 73.8 Å². The summed E-state index contributed by atoms with van der Waals surface area (Å²) in [6, 6.07) is 0. The smallest absolute Gasteiger partial charge is 0.209 e. The van der Waals surface area contributed by atoms with Crippen LogP contribution in [0, 0.1) is 11.8 Å². The number of nitrogens with zero attached hydrogens (tertiary/aromatic N) is 2. The maximum absolute atomic E-state index is 11.5. The van der Waals surface area contributed by atoms with E-state index in [-0.39, 0.29) is 0 Å². The first-order valence-corrected chi connectivity index (χ1v) is 11.0. The molecule has 7 heteroatoms. The van der Waals surface area contributed by atoms with Crippen molar-refractivity contribution in [3.05, 3.63) is 0 Å². The second-order valence-electron chi connectivity index (χ2n) is 7.50. The summed E-state index contributed by atoms with van der Waals surface area (Å²) in [5.74, 6) is 2.40. The van der Waals surface area contributed by atoms with Crippen LogP contribution in [0.4, 0.5) is 0 Å². The molecule has 0 amide bonds. The molecule has 1 aliphatic heterocycles. The highest BCUT2D eigenvalue weighted by atomic mass is 32.2. The second-order valence-corrected chi connectivity index (χ2v) is 9.25. The maximum atomic E-state index is 11.5. The molecule has 142 valence electrons. The zero-order chi connectivity index (χ0) is 18.4. The highest BCUT2D eigenvalue weighted by Gasteiger charge is 2.30. The van der Waals surface area contributed by atoms with Gasteiger partial charge in [0.15, 0.2) is 5.96 Å². The highest BCUT2D eigenvalue weighted by Crippen LogP contribution is 2.28. The fourth-order valence-corrected chi connectivity index (χ4v) is 4.62. The van der Waals surface area contributed by atoms with Crippen LogP contribution in [0.2, 0.25) is 0 Å². The summed E-state index contributed by atoms with van der Waals surface area (Å²) in [6.45, 7) is 13.6. The zero-order valence-electron chi connectivity index (χ0n) is 16.2. The van der Waals surface area contributed by atoms with E-state index in [1.165, 1.54) is 25.5 Å². The van der Waals surface area contributed by atoms with Gasteiger partial charge in [0.25, 0.3) is 0 Å². The molecule has 1 heterocycles. The first-order chi connectivity index (χ1) is 11.1. The molecule has 0 aliphatic carbocycles. The van der Waals surface area contributed by atoms with Crippen molar-refractivity contribution in [2.24, 2.45) is 16.8 Å². The first-order valence-electron chi connectivity index (χ1n) is 9.14. The van der Waals surface area contributed by atoms with E-state index in [9.17, 15) is 8.42 Å². The van der Waals surface area contributed by atoms with Crippen LogP contribution in [0.15, 0.2) is 4.99 Å². The fraction of sp³-hybridized carbons (Fsp3) is 0.941. The highest BCUT2D eigenvalue weighted by molar-refractivity contribution is 7.88. The summed E-state index contributed by atoms with van der Waals surface area (Å²) in [5.41, 5.74) is -0.594. The Bertz CT molecular complexity index is 513. The van der Waals surface area contributed by atoms with Crippen LogP contribution in [0.5, 0.6) is 0 Å². The van der Waals surface area contributed by atoms with Gasteiger partial charge in [-0.1, -0.05) is 26.7 Å². The van der Waals surface area contributed by atoms with E-state index in [1.807, 2.05) is 13.8 Å². The summed E-state index contributed by atoms with van der Waals surface area (Å²) in [4.78, 5) is 7.02. The molecule has 1 rings (SSSR count). The Kier molecular flexibility index (Phi) is 7.99. The largest absolute Gasteiger partial charge is 0.357 e. The summed E-state index contributed by atoms with van der Waals surface area (Å²) >= 11 is 0. The molecule has 0 spiro atoms. The van der Waals surface area contributed by atoms with Crippen molar-refractivity contribution in [1.29, 1.82) is 0 Å². The molecule has 1 fully saturated rings. The molecule has 6 nitrogen and oxygen atoms in total. The number of hydrogen-bond donors (Lipinski definition) is 2. The number of guanidine groups is 1. The van der Waals surface area contributed by atoms with Crippen molar-refractivity contribution < 1.29 is 8.42 Å². The molecular weight excluding hydrogens is 324 g/mol. The SMILES string of the molecule is CCNC(=NCC(C)(C)NS(C)(=O)=O)N1CCC(C(CC)CC)C1. The van der Waals surface area contributed by atoms with Crippen LogP contribution >= 0.6 is 0 Å². The Morgan fingerprint density at radius 2 is 1.92 bits per heavy atom. The monoisotopic (exact) mass is 360 g/mol. The number of sulfonamides is 1. The molecule has 0 aromatic carbocycles. The molecule has 2 N–H and O–H groups in total. The molecule has 0 saturated carbocycles. The zero-order valence-corrected chi connectivity index (χ0v) is 17.0. The van der Waals surface area contributed by atoms with Gasteiger partial charge in [-0.15, -0.1) is 0 Å². The van der Waals surface area contributed by atoms with Crippen molar-refractivity contribution in [2.75, 3.05) is 32.4 Å². The number of likely N-dealkylation sites (tertiary alicyclic amines) is 1. The van der Waals surface area contributed by atoms with Gasteiger partial charge in [0.05, 0.1) is 12.8 Å². The van der Waals surface area contributed by atoms with E-state index in [0.29, 0.717) is 6.54 Å². The molecular formula is C17H36N4O2S. The fourth-order valence-electron chi connectivity index (χ4n) is 3.55. The van der Waals surface area contributed by atoms with Crippen molar-refractivity contribution >= 4 is 16.0 Å². The van der Waals surface area contributed by atoms with E-state index < -0.39 is 15.6 Å². The van der Waals surface area contributed by atoms with E-state index in [0.717, 1.165) is 37.4 Å². The Balaban J connectivity index is 2.76. The summed E-state index contributed by atoms with van der Waals surface area (Å²) in [6.07, 6.45) is 4.86. The number of aliphatic imine (C=N–C) groups is 1. The standard InChI is InChI=1S/C17H36N4O2S/c1-7-14(8-2)15-10-11-21(12-15)16(18-9-3)19-13-17(4,5)20-24(6,22)23/h14-15,20H,7-13H2,1-6H3,(H,18,19). The quantitative estimate of drug-likeness (QED) is 0.513. The number of rotatable bonds is 8. The van der Waals surface area contributed by atoms with Crippen molar-refractivity contribution in [3.63, 3.8) is 0 Å². The van der Waals surface area contributed by atoms with E-state index in [1.54, 1.807) is 0 Å². The first kappa shape index (κ1) is 21.2. The van der Waals surface area contributed by atoms with Crippen LogP contribution in [0.25, 0.3) is 0 Å². The van der Waals surface area contributed by atoms with Gasteiger partial charge in [-0.2, -0.15) is 0 Å². The molecule has 0 aromatic rings. The Labute approximate surface area is 148 Å². The van der Waals surface area contributed by atoms with Gasteiger partial charge in [-0.3, -0.25) is 4.99 Å². The van der Waals surface area contributed by atoms with E-state index in [4.69, 9.17) is 4.99 Å². The van der Waals surface area contributed by atoms with Gasteiger partial charge in [-0.05, 0) is 39.0 Å². The minimum atomic E-state index is -3.24. The third kappa shape index (κ3) is 6.97. The molecule has 0 aromatic heterocycles. The summed E-state index contributed by atoms with van der Waals surface area (Å²) < 4.78 is 25.6. The van der Waals surface area contributed by atoms with Gasteiger partial charge in [0.2, 0.25) is 10.0 Å². The summed E-state index contributed by atoms with van der Waals surface area (Å²) in [5, 5.41) is 3.35. The van der Waals surface area contributed by atoms with Crippen molar-refractivity contribution in [2.45, 2.75) is 59.4 Å².